The van der Waals surface area contributed by atoms with Crippen LogP contribution in [0.1, 0.15) is 13.8 Å². The predicted octanol–water partition coefficient (Wildman–Crippen LogP) is -0.580. The van der Waals surface area contributed by atoms with Gasteiger partial charge in [0.1, 0.15) is 6.61 Å². The number of nitrogens with one attached hydrogen (secondary N) is 1. The van der Waals surface area contributed by atoms with Gasteiger partial charge in [0.05, 0.1) is 6.61 Å². The first kappa shape index (κ1) is 14.3. The normalized spacial score (nSPS) is 10.9. The zero-order chi connectivity index (χ0) is 11.5. The van der Waals surface area contributed by atoms with Gasteiger partial charge in [-0.05, 0) is 13.1 Å². The van der Waals surface area contributed by atoms with Crippen LogP contribution >= 0.6 is 0 Å². The van der Waals surface area contributed by atoms with Crippen LogP contribution in [-0.4, -0.2) is 56.7 Å². The summed E-state index contributed by atoms with van der Waals surface area (Å²) in [6, 6.07) is 0. The number of carbonyl (C=O) groups excluding carboxylic acids is 1. The Labute approximate surface area is 91.9 Å². The van der Waals surface area contributed by atoms with Crippen LogP contribution in [0.2, 0.25) is 0 Å². The Bertz CT molecular complexity index is 161. The summed E-state index contributed by atoms with van der Waals surface area (Å²) in [4.78, 5) is 12.7. The fraction of sp³-hybridized carbons (Fsp3) is 0.900. The standard InChI is InChI=1S/C10H23N3O2/c1-3-13(4-2)7-5-12-6-8-15-9-10(11)14/h12H,3-9H2,1-2H3,(H2,11,14). The van der Waals surface area contributed by atoms with Crippen molar-refractivity contribution in [2.75, 3.05) is 45.9 Å². The molecule has 0 saturated heterocycles. The lowest BCUT2D eigenvalue weighted by Crippen LogP contribution is -2.33. The molecule has 1 amide bonds. The van der Waals surface area contributed by atoms with Crippen LogP contribution in [0.15, 0.2) is 0 Å². The summed E-state index contributed by atoms with van der Waals surface area (Å²) in [7, 11) is 0. The molecule has 0 bridgehead atoms. The van der Waals surface area contributed by atoms with E-state index in [1.54, 1.807) is 0 Å². The Morgan fingerprint density at radius 3 is 2.53 bits per heavy atom. The number of amides is 1. The lowest BCUT2D eigenvalue weighted by molar-refractivity contribution is -0.122. The van der Waals surface area contributed by atoms with E-state index in [1.807, 2.05) is 0 Å². The van der Waals surface area contributed by atoms with Gasteiger partial charge in [0.15, 0.2) is 0 Å². The molecule has 0 aromatic heterocycles. The SMILES string of the molecule is CCN(CC)CCNCCOCC(N)=O. The van der Waals surface area contributed by atoms with Gasteiger partial charge in [-0.15, -0.1) is 0 Å². The average molecular weight is 217 g/mol. The zero-order valence-corrected chi connectivity index (χ0v) is 9.79. The molecule has 0 aromatic carbocycles. The van der Waals surface area contributed by atoms with Crippen molar-refractivity contribution in [2.45, 2.75) is 13.8 Å². The van der Waals surface area contributed by atoms with E-state index in [-0.39, 0.29) is 6.61 Å². The summed E-state index contributed by atoms with van der Waals surface area (Å²) in [5.41, 5.74) is 4.92. The molecule has 3 N–H and O–H groups in total. The lowest BCUT2D eigenvalue weighted by atomic mass is 10.4. The number of ether oxygens (including phenoxy) is 1. The van der Waals surface area contributed by atoms with Crippen molar-refractivity contribution in [3.63, 3.8) is 0 Å². The van der Waals surface area contributed by atoms with Crippen LogP contribution in [0.4, 0.5) is 0 Å². The second kappa shape index (κ2) is 9.89. The third kappa shape index (κ3) is 9.65. The van der Waals surface area contributed by atoms with Gasteiger partial charge in [-0.25, -0.2) is 0 Å². The minimum atomic E-state index is -0.418. The first-order chi connectivity index (χ1) is 7.20. The van der Waals surface area contributed by atoms with Crippen LogP contribution in [0.5, 0.6) is 0 Å². The Hall–Kier alpha value is -0.650. The summed E-state index contributed by atoms with van der Waals surface area (Å²) >= 11 is 0. The third-order valence-corrected chi connectivity index (χ3v) is 2.17. The Morgan fingerprint density at radius 2 is 2.00 bits per heavy atom. The molecule has 0 saturated carbocycles. The molecule has 5 heteroatoms. The van der Waals surface area contributed by atoms with E-state index in [1.165, 1.54) is 0 Å². The van der Waals surface area contributed by atoms with Crippen molar-refractivity contribution >= 4 is 5.91 Å². The molecule has 0 fully saturated rings. The number of carbonyl (C=O) groups is 1. The lowest BCUT2D eigenvalue weighted by Gasteiger charge is -2.17. The van der Waals surface area contributed by atoms with Gasteiger partial charge in [-0.2, -0.15) is 0 Å². The molecule has 0 aromatic rings. The molecule has 0 radical (unpaired) electrons. The number of hydrogen-bond acceptors (Lipinski definition) is 4. The van der Waals surface area contributed by atoms with Gasteiger partial charge in [-0.1, -0.05) is 13.8 Å². The van der Waals surface area contributed by atoms with E-state index in [4.69, 9.17) is 10.5 Å². The molecule has 0 atom stereocenters. The van der Waals surface area contributed by atoms with Crippen molar-refractivity contribution in [3.05, 3.63) is 0 Å². The highest BCUT2D eigenvalue weighted by Crippen LogP contribution is 1.83. The van der Waals surface area contributed by atoms with Crippen LogP contribution in [0.25, 0.3) is 0 Å². The minimum Gasteiger partial charge on any atom is -0.370 e. The smallest absolute Gasteiger partial charge is 0.243 e. The highest BCUT2D eigenvalue weighted by atomic mass is 16.5. The first-order valence-electron chi connectivity index (χ1n) is 5.49. The maximum atomic E-state index is 10.3. The average Bonchev–Trinajstić information content (AvgIpc) is 2.22. The molecule has 0 aliphatic carbocycles. The molecule has 0 spiro atoms. The monoisotopic (exact) mass is 217 g/mol. The van der Waals surface area contributed by atoms with Crippen molar-refractivity contribution < 1.29 is 9.53 Å². The van der Waals surface area contributed by atoms with Gasteiger partial charge in [0.2, 0.25) is 5.91 Å². The molecule has 0 unspecified atom stereocenters. The molecular formula is C10H23N3O2. The summed E-state index contributed by atoms with van der Waals surface area (Å²) in [5, 5.41) is 3.24. The minimum absolute atomic E-state index is 0.0116. The Kier molecular flexibility index (Phi) is 9.46. The Morgan fingerprint density at radius 1 is 1.33 bits per heavy atom. The number of nitrogens with zero attached hydrogens (tertiary/aromatic N) is 1. The third-order valence-electron chi connectivity index (χ3n) is 2.17. The quantitative estimate of drug-likeness (QED) is 0.480. The maximum absolute atomic E-state index is 10.3. The molecule has 0 heterocycles. The van der Waals surface area contributed by atoms with Gasteiger partial charge in [0, 0.05) is 19.6 Å². The molecule has 0 aliphatic rings. The van der Waals surface area contributed by atoms with Crippen molar-refractivity contribution in [1.29, 1.82) is 0 Å². The zero-order valence-electron chi connectivity index (χ0n) is 9.79. The van der Waals surface area contributed by atoms with Crippen molar-refractivity contribution in [1.82, 2.24) is 10.2 Å². The number of rotatable bonds is 10. The predicted molar refractivity (Wildman–Crippen MR) is 60.7 cm³/mol. The highest BCUT2D eigenvalue weighted by Gasteiger charge is 1.97. The molecule has 5 nitrogen and oxygen atoms in total. The maximum Gasteiger partial charge on any atom is 0.243 e. The highest BCUT2D eigenvalue weighted by molar-refractivity contribution is 5.74. The number of primary amides is 1. The van der Waals surface area contributed by atoms with Crippen molar-refractivity contribution in [3.8, 4) is 0 Å². The molecular weight excluding hydrogens is 194 g/mol. The number of hydrogen-bond donors (Lipinski definition) is 2. The second-order valence-electron chi connectivity index (χ2n) is 3.30. The largest absolute Gasteiger partial charge is 0.370 e. The number of likely N-dealkylation sites (N-methyl/N-ethyl adjacent to an activating group) is 1. The van der Waals surface area contributed by atoms with Gasteiger partial charge in [0.25, 0.3) is 0 Å². The first-order valence-corrected chi connectivity index (χ1v) is 5.49. The van der Waals surface area contributed by atoms with E-state index in [0.29, 0.717) is 6.61 Å². The van der Waals surface area contributed by atoms with Crippen molar-refractivity contribution in [2.24, 2.45) is 5.73 Å². The van der Waals surface area contributed by atoms with Gasteiger partial charge >= 0.3 is 0 Å². The van der Waals surface area contributed by atoms with E-state index in [2.05, 4.69) is 24.1 Å². The van der Waals surface area contributed by atoms with E-state index in [9.17, 15) is 4.79 Å². The van der Waals surface area contributed by atoms with E-state index in [0.717, 1.165) is 32.7 Å². The van der Waals surface area contributed by atoms with Gasteiger partial charge < -0.3 is 20.7 Å². The van der Waals surface area contributed by atoms with E-state index >= 15 is 0 Å². The fourth-order valence-corrected chi connectivity index (χ4v) is 1.22. The fourth-order valence-electron chi connectivity index (χ4n) is 1.22. The second-order valence-corrected chi connectivity index (χ2v) is 3.30. The topological polar surface area (TPSA) is 67.6 Å². The van der Waals surface area contributed by atoms with Crippen LogP contribution < -0.4 is 11.1 Å². The van der Waals surface area contributed by atoms with Crippen LogP contribution in [-0.2, 0) is 9.53 Å². The summed E-state index contributed by atoms with van der Waals surface area (Å²) in [5.74, 6) is -0.418. The van der Waals surface area contributed by atoms with Gasteiger partial charge in [-0.3, -0.25) is 4.79 Å². The molecule has 0 aliphatic heterocycles. The summed E-state index contributed by atoms with van der Waals surface area (Å²) in [6.45, 7) is 9.75. The van der Waals surface area contributed by atoms with Crippen LogP contribution in [0, 0.1) is 0 Å². The van der Waals surface area contributed by atoms with E-state index < -0.39 is 5.91 Å². The molecule has 15 heavy (non-hydrogen) atoms. The van der Waals surface area contributed by atoms with Crippen LogP contribution in [0.3, 0.4) is 0 Å². The summed E-state index contributed by atoms with van der Waals surface area (Å²) < 4.78 is 5.00. The number of nitrogens with two attached hydrogens (primary N) is 1. The molecule has 0 rings (SSSR count). The summed E-state index contributed by atoms with van der Waals surface area (Å²) in [6.07, 6.45) is 0. The molecule has 90 valence electrons. The Balaban J connectivity index is 3.14.